The van der Waals surface area contributed by atoms with Gasteiger partial charge in [-0.15, -0.1) is 0 Å². The average Bonchev–Trinajstić information content (AvgIpc) is 2.77. The van der Waals surface area contributed by atoms with Crippen LogP contribution in [0.2, 0.25) is 0 Å². The van der Waals surface area contributed by atoms with Gasteiger partial charge >= 0.3 is 6.18 Å². The molecule has 0 aliphatic carbocycles. The van der Waals surface area contributed by atoms with Gasteiger partial charge in [-0.3, -0.25) is 4.98 Å². The molecule has 8 heteroatoms. The molecule has 1 unspecified atom stereocenters. The molecule has 0 fully saturated rings. The normalized spacial score (nSPS) is 13.6. The van der Waals surface area contributed by atoms with Gasteiger partial charge in [-0.1, -0.05) is 5.16 Å². The Kier molecular flexibility index (Phi) is 3.04. The molecule has 0 aromatic carbocycles. The van der Waals surface area contributed by atoms with E-state index in [2.05, 4.69) is 15.1 Å². The minimum atomic E-state index is -4.44. The summed E-state index contributed by atoms with van der Waals surface area (Å²) in [4.78, 5) is 7.39. The summed E-state index contributed by atoms with van der Waals surface area (Å²) in [6.45, 7) is 1.44. The molecule has 96 valence electrons. The lowest BCUT2D eigenvalue weighted by molar-refractivity contribution is -0.137. The van der Waals surface area contributed by atoms with Crippen molar-refractivity contribution < 1.29 is 22.8 Å². The van der Waals surface area contributed by atoms with Gasteiger partial charge in [-0.25, -0.2) is 0 Å². The summed E-state index contributed by atoms with van der Waals surface area (Å²) < 4.78 is 41.7. The number of rotatable bonds is 2. The van der Waals surface area contributed by atoms with Gasteiger partial charge < -0.3 is 9.63 Å². The van der Waals surface area contributed by atoms with E-state index in [0.29, 0.717) is 6.20 Å². The van der Waals surface area contributed by atoms with Crippen molar-refractivity contribution in [3.05, 3.63) is 29.7 Å². The first-order chi connectivity index (χ1) is 8.38. The Hall–Kier alpha value is -1.96. The molecule has 0 radical (unpaired) electrons. The molecule has 5 nitrogen and oxygen atoms in total. The summed E-state index contributed by atoms with van der Waals surface area (Å²) in [6, 6.07) is 2.00. The SMILES string of the molecule is CC(O)c1noc(-c2ccc(C(F)(F)F)cn2)n1. The third kappa shape index (κ3) is 2.48. The molecule has 0 spiro atoms. The Bertz CT molecular complexity index is 534. The van der Waals surface area contributed by atoms with E-state index in [1.165, 1.54) is 6.92 Å². The second-order valence-corrected chi connectivity index (χ2v) is 3.56. The predicted molar refractivity (Wildman–Crippen MR) is 53.2 cm³/mol. The molecule has 0 saturated heterocycles. The first-order valence-electron chi connectivity index (χ1n) is 4.93. The van der Waals surface area contributed by atoms with Crippen LogP contribution in [0.3, 0.4) is 0 Å². The number of aliphatic hydroxyl groups excluding tert-OH is 1. The minimum absolute atomic E-state index is 0.0420. The summed E-state index contributed by atoms with van der Waals surface area (Å²) in [5.74, 6) is 0.00585. The molecule has 2 aromatic rings. The number of hydrogen-bond acceptors (Lipinski definition) is 5. The van der Waals surface area contributed by atoms with Gasteiger partial charge in [0.2, 0.25) is 0 Å². The highest BCUT2D eigenvalue weighted by Crippen LogP contribution is 2.29. The van der Waals surface area contributed by atoms with Gasteiger partial charge in [0.25, 0.3) is 5.89 Å². The molecular weight excluding hydrogens is 251 g/mol. The zero-order chi connectivity index (χ0) is 13.3. The van der Waals surface area contributed by atoms with Crippen LogP contribution < -0.4 is 0 Å². The number of alkyl halides is 3. The lowest BCUT2D eigenvalue weighted by atomic mass is 10.2. The van der Waals surface area contributed by atoms with Gasteiger partial charge in [0.05, 0.1) is 5.56 Å². The second kappa shape index (κ2) is 4.37. The first kappa shape index (κ1) is 12.5. The maximum Gasteiger partial charge on any atom is 0.417 e. The van der Waals surface area contributed by atoms with Crippen molar-refractivity contribution >= 4 is 0 Å². The van der Waals surface area contributed by atoms with Crippen LogP contribution in [0.4, 0.5) is 13.2 Å². The maximum atomic E-state index is 12.3. The molecule has 2 aromatic heterocycles. The van der Waals surface area contributed by atoms with E-state index in [9.17, 15) is 18.3 Å². The van der Waals surface area contributed by atoms with E-state index < -0.39 is 17.8 Å². The van der Waals surface area contributed by atoms with Gasteiger partial charge in [0.1, 0.15) is 11.8 Å². The number of halogens is 3. The first-order valence-corrected chi connectivity index (χ1v) is 4.93. The van der Waals surface area contributed by atoms with E-state index in [-0.39, 0.29) is 17.4 Å². The monoisotopic (exact) mass is 259 g/mol. The van der Waals surface area contributed by atoms with E-state index in [0.717, 1.165) is 12.1 Å². The third-order valence-corrected chi connectivity index (χ3v) is 2.13. The summed E-state index contributed by atoms with van der Waals surface area (Å²) in [6.07, 6.45) is -4.68. The zero-order valence-electron chi connectivity index (χ0n) is 9.14. The van der Waals surface area contributed by atoms with Crippen LogP contribution in [-0.4, -0.2) is 20.2 Å². The Morgan fingerprint density at radius 1 is 1.33 bits per heavy atom. The largest absolute Gasteiger partial charge is 0.417 e. The van der Waals surface area contributed by atoms with Crippen molar-refractivity contribution in [1.29, 1.82) is 0 Å². The van der Waals surface area contributed by atoms with Gasteiger partial charge in [0, 0.05) is 6.20 Å². The molecule has 2 heterocycles. The molecule has 0 aliphatic rings. The molecule has 0 aliphatic heterocycles. The smallest absolute Gasteiger partial charge is 0.385 e. The molecule has 1 atom stereocenters. The Morgan fingerprint density at radius 2 is 2.06 bits per heavy atom. The molecule has 1 N–H and O–H groups in total. The van der Waals surface area contributed by atoms with Crippen LogP contribution in [-0.2, 0) is 6.18 Å². The van der Waals surface area contributed by atoms with Crippen molar-refractivity contribution in [3.63, 3.8) is 0 Å². The highest BCUT2D eigenvalue weighted by molar-refractivity contribution is 5.46. The highest BCUT2D eigenvalue weighted by atomic mass is 19.4. The second-order valence-electron chi connectivity index (χ2n) is 3.56. The molecule has 18 heavy (non-hydrogen) atoms. The topological polar surface area (TPSA) is 72.0 Å². The minimum Gasteiger partial charge on any atom is -0.385 e. The summed E-state index contributed by atoms with van der Waals surface area (Å²) in [7, 11) is 0. The van der Waals surface area contributed by atoms with Crippen molar-refractivity contribution in [1.82, 2.24) is 15.1 Å². The van der Waals surface area contributed by atoms with Crippen molar-refractivity contribution in [3.8, 4) is 11.6 Å². The van der Waals surface area contributed by atoms with Gasteiger partial charge in [-0.2, -0.15) is 18.2 Å². The third-order valence-electron chi connectivity index (χ3n) is 2.13. The molecule has 0 saturated carbocycles. The number of aromatic nitrogens is 3. The van der Waals surface area contributed by atoms with E-state index >= 15 is 0 Å². The fourth-order valence-corrected chi connectivity index (χ4v) is 1.20. The fraction of sp³-hybridized carbons (Fsp3) is 0.300. The fourth-order valence-electron chi connectivity index (χ4n) is 1.20. The molecule has 0 bridgehead atoms. The number of nitrogens with zero attached hydrogens (tertiary/aromatic N) is 3. The van der Waals surface area contributed by atoms with E-state index in [4.69, 9.17) is 4.52 Å². The molecule has 2 rings (SSSR count). The predicted octanol–water partition coefficient (Wildman–Crippen LogP) is 2.20. The van der Waals surface area contributed by atoms with Crippen LogP contribution in [0, 0.1) is 0 Å². The van der Waals surface area contributed by atoms with Crippen LogP contribution in [0.5, 0.6) is 0 Å². The molecular formula is C10H8F3N3O2. The standard InChI is InChI=1S/C10H8F3N3O2/c1-5(17)8-15-9(18-16-8)7-3-2-6(4-14-7)10(11,12)13/h2-5,17H,1H3. The number of hydrogen-bond donors (Lipinski definition) is 1. The lowest BCUT2D eigenvalue weighted by Crippen LogP contribution is -2.05. The van der Waals surface area contributed by atoms with Crippen LogP contribution >= 0.6 is 0 Å². The zero-order valence-corrected chi connectivity index (χ0v) is 9.14. The van der Waals surface area contributed by atoms with Gasteiger partial charge in [-0.05, 0) is 19.1 Å². The van der Waals surface area contributed by atoms with Crippen molar-refractivity contribution in [2.75, 3.05) is 0 Å². The molecule has 0 amide bonds. The van der Waals surface area contributed by atoms with E-state index in [1.807, 2.05) is 0 Å². The van der Waals surface area contributed by atoms with Crippen molar-refractivity contribution in [2.45, 2.75) is 19.2 Å². The van der Waals surface area contributed by atoms with Crippen molar-refractivity contribution in [2.24, 2.45) is 0 Å². The summed E-state index contributed by atoms with van der Waals surface area (Å²) >= 11 is 0. The van der Waals surface area contributed by atoms with Crippen LogP contribution in [0.1, 0.15) is 24.4 Å². The Labute approximate surface area is 99.3 Å². The maximum absolute atomic E-state index is 12.3. The average molecular weight is 259 g/mol. The van der Waals surface area contributed by atoms with Crippen LogP contribution in [0.25, 0.3) is 11.6 Å². The quantitative estimate of drug-likeness (QED) is 0.895. The Balaban J connectivity index is 2.29. The summed E-state index contributed by atoms with van der Waals surface area (Å²) in [5.41, 5.74) is -0.746. The van der Waals surface area contributed by atoms with Gasteiger partial charge in [0.15, 0.2) is 5.82 Å². The highest BCUT2D eigenvalue weighted by Gasteiger charge is 2.30. The number of aliphatic hydroxyl groups is 1. The van der Waals surface area contributed by atoms with E-state index in [1.54, 1.807) is 0 Å². The lowest BCUT2D eigenvalue weighted by Gasteiger charge is -2.05. The Morgan fingerprint density at radius 3 is 2.50 bits per heavy atom. The number of pyridine rings is 1. The summed E-state index contributed by atoms with van der Waals surface area (Å²) in [5, 5.41) is 12.6. The van der Waals surface area contributed by atoms with Crippen LogP contribution in [0.15, 0.2) is 22.9 Å².